The van der Waals surface area contributed by atoms with E-state index in [4.69, 9.17) is 9.47 Å². The van der Waals surface area contributed by atoms with Gasteiger partial charge in [0.2, 0.25) is 0 Å². The molecule has 0 saturated heterocycles. The van der Waals surface area contributed by atoms with E-state index < -0.39 is 12.1 Å². The number of phenolic OH excluding ortho intramolecular Hbond substituents is 1. The minimum absolute atomic E-state index is 0.0190. The van der Waals surface area contributed by atoms with Gasteiger partial charge < -0.3 is 19.7 Å². The number of esters is 1. The molecule has 0 saturated carbocycles. The van der Waals surface area contributed by atoms with Crippen molar-refractivity contribution in [3.63, 3.8) is 0 Å². The Hall–Kier alpha value is -2.79. The number of aromatic hydroxyl groups is 1. The third-order valence-corrected chi connectivity index (χ3v) is 4.19. The maximum Gasteiger partial charge on any atom is 0.330 e. The SMILES string of the molecule is C=CC(=O)OCC(O)COc1ccc(C(C)(C)c2ccc(O)cc2)cc1. The average Bonchev–Trinajstić information content (AvgIpc) is 2.65. The molecule has 2 aromatic carbocycles. The number of benzene rings is 2. The van der Waals surface area contributed by atoms with Crippen molar-refractivity contribution in [2.45, 2.75) is 25.4 Å². The van der Waals surface area contributed by atoms with E-state index in [-0.39, 0.29) is 24.4 Å². The summed E-state index contributed by atoms with van der Waals surface area (Å²) in [6, 6.07) is 14.8. The van der Waals surface area contributed by atoms with Crippen LogP contribution in [0.5, 0.6) is 11.5 Å². The fraction of sp³-hybridized carbons (Fsp3) is 0.286. The van der Waals surface area contributed by atoms with Crippen molar-refractivity contribution in [1.82, 2.24) is 0 Å². The normalized spacial score (nSPS) is 12.3. The molecule has 0 aliphatic rings. The van der Waals surface area contributed by atoms with Crippen molar-refractivity contribution >= 4 is 5.97 Å². The number of carbonyl (C=O) groups excluding carboxylic acids is 1. The Bertz CT molecular complexity index is 732. The number of carbonyl (C=O) groups is 1. The summed E-state index contributed by atoms with van der Waals surface area (Å²) in [6.45, 7) is 7.37. The van der Waals surface area contributed by atoms with E-state index in [0.29, 0.717) is 5.75 Å². The van der Waals surface area contributed by atoms with Gasteiger partial charge in [0.05, 0.1) is 0 Å². The number of phenols is 1. The number of aliphatic hydroxyl groups is 1. The first-order valence-corrected chi connectivity index (χ1v) is 8.33. The number of rotatable bonds is 8. The van der Waals surface area contributed by atoms with Crippen LogP contribution in [0.15, 0.2) is 61.2 Å². The lowest BCUT2D eigenvalue weighted by molar-refractivity contribution is -0.141. The Labute approximate surface area is 153 Å². The van der Waals surface area contributed by atoms with Gasteiger partial charge in [0, 0.05) is 11.5 Å². The van der Waals surface area contributed by atoms with Gasteiger partial charge >= 0.3 is 5.97 Å². The first-order chi connectivity index (χ1) is 12.3. The molecular weight excluding hydrogens is 332 g/mol. The monoisotopic (exact) mass is 356 g/mol. The van der Waals surface area contributed by atoms with Crippen LogP contribution in [0, 0.1) is 0 Å². The Morgan fingerprint density at radius 2 is 1.62 bits per heavy atom. The first-order valence-electron chi connectivity index (χ1n) is 8.33. The van der Waals surface area contributed by atoms with Gasteiger partial charge in [-0.1, -0.05) is 44.7 Å². The lowest BCUT2D eigenvalue weighted by Crippen LogP contribution is -2.24. The lowest BCUT2D eigenvalue weighted by atomic mass is 9.78. The zero-order valence-electron chi connectivity index (χ0n) is 15.0. The van der Waals surface area contributed by atoms with Gasteiger partial charge in [-0.25, -0.2) is 4.79 Å². The second kappa shape index (κ2) is 8.54. The second-order valence-corrected chi connectivity index (χ2v) is 6.50. The molecule has 1 atom stereocenters. The van der Waals surface area contributed by atoms with E-state index >= 15 is 0 Å². The fourth-order valence-corrected chi connectivity index (χ4v) is 2.49. The van der Waals surface area contributed by atoms with Gasteiger partial charge in [0.1, 0.15) is 30.8 Å². The molecule has 0 aliphatic heterocycles. The molecule has 2 rings (SSSR count). The van der Waals surface area contributed by atoms with Crippen molar-refractivity contribution in [1.29, 1.82) is 0 Å². The summed E-state index contributed by atoms with van der Waals surface area (Å²) in [4.78, 5) is 11.0. The Morgan fingerprint density at radius 1 is 1.08 bits per heavy atom. The first kappa shape index (κ1) is 19.5. The number of hydrogen-bond acceptors (Lipinski definition) is 5. The molecule has 0 bridgehead atoms. The molecule has 5 heteroatoms. The van der Waals surface area contributed by atoms with Gasteiger partial charge in [-0.2, -0.15) is 0 Å². The Morgan fingerprint density at radius 3 is 2.15 bits per heavy atom. The largest absolute Gasteiger partial charge is 0.508 e. The van der Waals surface area contributed by atoms with Crippen molar-refractivity contribution < 1.29 is 24.5 Å². The summed E-state index contributed by atoms with van der Waals surface area (Å²) in [5, 5.41) is 19.2. The summed E-state index contributed by atoms with van der Waals surface area (Å²) in [5.74, 6) is 0.278. The van der Waals surface area contributed by atoms with Crippen LogP contribution in [0.3, 0.4) is 0 Å². The minimum Gasteiger partial charge on any atom is -0.508 e. The van der Waals surface area contributed by atoms with Crippen LogP contribution in [0.1, 0.15) is 25.0 Å². The van der Waals surface area contributed by atoms with Gasteiger partial charge in [0.25, 0.3) is 0 Å². The molecule has 0 heterocycles. The average molecular weight is 356 g/mol. The standard InChI is InChI=1S/C21H24O5/c1-4-20(24)26-14-18(23)13-25-19-11-7-16(8-12-19)21(2,3)15-5-9-17(22)10-6-15/h4-12,18,22-23H,1,13-14H2,2-3H3. The van der Waals surface area contributed by atoms with E-state index in [0.717, 1.165) is 17.2 Å². The quantitative estimate of drug-likeness (QED) is 0.561. The number of ether oxygens (including phenoxy) is 2. The Balaban J connectivity index is 1.96. The highest BCUT2D eigenvalue weighted by Crippen LogP contribution is 2.33. The summed E-state index contributed by atoms with van der Waals surface area (Å²) in [6.07, 6.45) is 0.134. The van der Waals surface area contributed by atoms with Gasteiger partial charge in [0.15, 0.2) is 0 Å². The highest BCUT2D eigenvalue weighted by molar-refractivity contribution is 5.81. The smallest absolute Gasteiger partial charge is 0.330 e. The van der Waals surface area contributed by atoms with E-state index in [2.05, 4.69) is 20.4 Å². The zero-order valence-corrected chi connectivity index (χ0v) is 15.0. The Kier molecular flexibility index (Phi) is 6.41. The topological polar surface area (TPSA) is 76.0 Å². The van der Waals surface area contributed by atoms with Crippen molar-refractivity contribution in [3.8, 4) is 11.5 Å². The van der Waals surface area contributed by atoms with E-state index in [1.807, 2.05) is 36.4 Å². The molecule has 2 N–H and O–H groups in total. The van der Waals surface area contributed by atoms with Crippen LogP contribution in [0.4, 0.5) is 0 Å². The summed E-state index contributed by atoms with van der Waals surface area (Å²) in [7, 11) is 0. The van der Waals surface area contributed by atoms with Crippen molar-refractivity contribution in [2.75, 3.05) is 13.2 Å². The zero-order chi connectivity index (χ0) is 19.2. The maximum atomic E-state index is 11.0. The molecule has 0 radical (unpaired) electrons. The van der Waals surface area contributed by atoms with Gasteiger partial charge in [-0.15, -0.1) is 0 Å². The molecule has 5 nitrogen and oxygen atoms in total. The molecule has 0 aliphatic carbocycles. The van der Waals surface area contributed by atoms with Crippen LogP contribution in [0.2, 0.25) is 0 Å². The summed E-state index contributed by atoms with van der Waals surface area (Å²) in [5.41, 5.74) is 1.95. The third kappa shape index (κ3) is 5.10. The van der Waals surface area contributed by atoms with Gasteiger partial charge in [-0.05, 0) is 35.4 Å². The molecule has 0 amide bonds. The number of aliphatic hydroxyl groups excluding tert-OH is 1. The molecule has 2 aromatic rings. The predicted molar refractivity (Wildman–Crippen MR) is 99.3 cm³/mol. The summed E-state index contributed by atoms with van der Waals surface area (Å²) >= 11 is 0. The molecule has 1 unspecified atom stereocenters. The van der Waals surface area contributed by atoms with Crippen LogP contribution in [-0.2, 0) is 14.9 Å². The van der Waals surface area contributed by atoms with Crippen molar-refractivity contribution in [3.05, 3.63) is 72.3 Å². The lowest BCUT2D eigenvalue weighted by Gasteiger charge is -2.26. The van der Waals surface area contributed by atoms with Gasteiger partial charge in [-0.3, -0.25) is 0 Å². The van der Waals surface area contributed by atoms with E-state index in [1.165, 1.54) is 0 Å². The minimum atomic E-state index is -0.910. The van der Waals surface area contributed by atoms with Crippen LogP contribution in [0.25, 0.3) is 0 Å². The van der Waals surface area contributed by atoms with Crippen LogP contribution in [-0.4, -0.2) is 35.5 Å². The third-order valence-electron chi connectivity index (χ3n) is 4.19. The summed E-state index contributed by atoms with van der Waals surface area (Å²) < 4.78 is 10.3. The van der Waals surface area contributed by atoms with E-state index in [9.17, 15) is 15.0 Å². The highest BCUT2D eigenvalue weighted by atomic mass is 16.5. The highest BCUT2D eigenvalue weighted by Gasteiger charge is 2.23. The molecule has 0 aromatic heterocycles. The number of hydrogen-bond donors (Lipinski definition) is 2. The molecule has 138 valence electrons. The van der Waals surface area contributed by atoms with Crippen LogP contribution >= 0.6 is 0 Å². The van der Waals surface area contributed by atoms with E-state index in [1.54, 1.807) is 12.1 Å². The predicted octanol–water partition coefficient (Wildman–Crippen LogP) is 3.19. The molecule has 26 heavy (non-hydrogen) atoms. The molecular formula is C21H24O5. The van der Waals surface area contributed by atoms with Crippen LogP contribution < -0.4 is 4.74 Å². The second-order valence-electron chi connectivity index (χ2n) is 6.50. The molecule has 0 spiro atoms. The molecule has 0 fully saturated rings. The maximum absolute atomic E-state index is 11.0. The fourth-order valence-electron chi connectivity index (χ4n) is 2.49. The van der Waals surface area contributed by atoms with Crippen molar-refractivity contribution in [2.24, 2.45) is 0 Å².